The minimum Gasteiger partial charge on any atom is -0.492 e. The van der Waals surface area contributed by atoms with E-state index in [1.54, 1.807) is 12.4 Å². The molecule has 1 aromatic carbocycles. The van der Waals surface area contributed by atoms with Gasteiger partial charge < -0.3 is 9.64 Å². The Morgan fingerprint density at radius 1 is 1.06 bits per heavy atom. The van der Waals surface area contributed by atoms with Crippen molar-refractivity contribution in [1.29, 1.82) is 0 Å². The molecular formula is C15H18N2O. The van der Waals surface area contributed by atoms with Crippen LogP contribution in [-0.4, -0.2) is 37.1 Å². The fourth-order valence-corrected chi connectivity index (χ4v) is 1.70. The molecule has 0 bridgehead atoms. The van der Waals surface area contributed by atoms with Crippen LogP contribution in [0.5, 0.6) is 5.75 Å². The van der Waals surface area contributed by atoms with Crippen molar-refractivity contribution in [3.05, 3.63) is 48.8 Å². The Balaban J connectivity index is 2.16. The van der Waals surface area contributed by atoms with E-state index < -0.39 is 0 Å². The molecule has 0 atom stereocenters. The summed E-state index contributed by atoms with van der Waals surface area (Å²) in [6, 6.07) is 12.1. The maximum absolute atomic E-state index is 5.84. The largest absolute Gasteiger partial charge is 0.492 e. The number of nitrogens with zero attached hydrogens (tertiary/aromatic N) is 2. The molecular weight excluding hydrogens is 224 g/mol. The lowest BCUT2D eigenvalue weighted by Gasteiger charge is -2.14. The van der Waals surface area contributed by atoms with Gasteiger partial charge >= 0.3 is 0 Å². The predicted octanol–water partition coefficient (Wildman–Crippen LogP) is 2.69. The Morgan fingerprint density at radius 2 is 1.78 bits per heavy atom. The Labute approximate surface area is 108 Å². The molecule has 1 aromatic heterocycles. The second-order valence-corrected chi connectivity index (χ2v) is 4.38. The predicted molar refractivity (Wildman–Crippen MR) is 73.7 cm³/mol. The molecule has 0 unspecified atom stereocenters. The Morgan fingerprint density at radius 3 is 2.50 bits per heavy atom. The molecule has 3 nitrogen and oxygen atoms in total. The van der Waals surface area contributed by atoms with E-state index in [0.717, 1.165) is 23.4 Å². The zero-order chi connectivity index (χ0) is 12.8. The van der Waals surface area contributed by atoms with Crippen LogP contribution in [0.3, 0.4) is 0 Å². The number of para-hydroxylation sites is 1. The molecule has 0 aliphatic heterocycles. The summed E-state index contributed by atoms with van der Waals surface area (Å²) in [4.78, 5) is 6.14. The van der Waals surface area contributed by atoms with Gasteiger partial charge in [0.1, 0.15) is 12.4 Å². The van der Waals surface area contributed by atoms with E-state index in [2.05, 4.69) is 16.0 Å². The fourth-order valence-electron chi connectivity index (χ4n) is 1.70. The van der Waals surface area contributed by atoms with Crippen molar-refractivity contribution in [2.75, 3.05) is 27.2 Å². The van der Waals surface area contributed by atoms with Crippen molar-refractivity contribution in [2.45, 2.75) is 0 Å². The number of pyridine rings is 1. The van der Waals surface area contributed by atoms with E-state index in [9.17, 15) is 0 Å². The highest BCUT2D eigenvalue weighted by Crippen LogP contribution is 2.29. The van der Waals surface area contributed by atoms with Gasteiger partial charge in [-0.05, 0) is 37.9 Å². The lowest BCUT2D eigenvalue weighted by Crippen LogP contribution is -2.19. The van der Waals surface area contributed by atoms with E-state index in [4.69, 9.17) is 4.74 Å². The molecule has 0 radical (unpaired) electrons. The third kappa shape index (κ3) is 3.31. The first-order chi connectivity index (χ1) is 8.77. The monoisotopic (exact) mass is 242 g/mol. The van der Waals surface area contributed by atoms with Crippen LogP contribution < -0.4 is 4.74 Å². The third-order valence-electron chi connectivity index (χ3n) is 2.67. The second-order valence-electron chi connectivity index (χ2n) is 4.38. The number of rotatable bonds is 5. The normalized spacial score (nSPS) is 10.6. The molecule has 3 heteroatoms. The molecule has 0 aliphatic rings. The summed E-state index contributed by atoms with van der Waals surface area (Å²) >= 11 is 0. The van der Waals surface area contributed by atoms with Crippen LogP contribution in [0, 0.1) is 0 Å². The van der Waals surface area contributed by atoms with E-state index in [1.165, 1.54) is 0 Å². The molecule has 2 rings (SSSR count). The fraction of sp³-hybridized carbons (Fsp3) is 0.267. The highest BCUT2D eigenvalue weighted by molar-refractivity contribution is 5.69. The number of hydrogen-bond donors (Lipinski definition) is 0. The highest BCUT2D eigenvalue weighted by Gasteiger charge is 2.05. The van der Waals surface area contributed by atoms with E-state index in [1.807, 2.05) is 44.4 Å². The van der Waals surface area contributed by atoms with Crippen LogP contribution in [0.2, 0.25) is 0 Å². The first kappa shape index (κ1) is 12.6. The van der Waals surface area contributed by atoms with Crippen molar-refractivity contribution in [3.63, 3.8) is 0 Å². The highest BCUT2D eigenvalue weighted by atomic mass is 16.5. The number of hydrogen-bond acceptors (Lipinski definition) is 3. The first-order valence-electron chi connectivity index (χ1n) is 6.04. The van der Waals surface area contributed by atoms with Crippen LogP contribution in [0.4, 0.5) is 0 Å². The zero-order valence-electron chi connectivity index (χ0n) is 10.8. The van der Waals surface area contributed by atoms with Gasteiger partial charge in [-0.1, -0.05) is 18.2 Å². The molecule has 18 heavy (non-hydrogen) atoms. The average Bonchev–Trinajstić information content (AvgIpc) is 2.40. The lowest BCUT2D eigenvalue weighted by atomic mass is 10.1. The van der Waals surface area contributed by atoms with Gasteiger partial charge in [-0.2, -0.15) is 0 Å². The third-order valence-corrected chi connectivity index (χ3v) is 2.67. The summed E-state index contributed by atoms with van der Waals surface area (Å²) in [6.45, 7) is 1.60. The van der Waals surface area contributed by atoms with Crippen molar-refractivity contribution >= 4 is 0 Å². The number of likely N-dealkylation sites (N-methyl/N-ethyl adjacent to an activating group) is 1. The van der Waals surface area contributed by atoms with Crippen molar-refractivity contribution < 1.29 is 4.74 Å². The summed E-state index contributed by atoms with van der Waals surface area (Å²) in [7, 11) is 4.08. The van der Waals surface area contributed by atoms with E-state index in [0.29, 0.717) is 6.61 Å². The van der Waals surface area contributed by atoms with Gasteiger partial charge in [-0.25, -0.2) is 0 Å². The zero-order valence-corrected chi connectivity index (χ0v) is 10.8. The molecule has 0 saturated heterocycles. The minimum atomic E-state index is 0.690. The number of aromatic nitrogens is 1. The van der Waals surface area contributed by atoms with E-state index >= 15 is 0 Å². The Kier molecular flexibility index (Phi) is 4.31. The standard InChI is InChI=1S/C15H18N2O/c1-17(2)11-12-18-15-6-4-3-5-14(15)13-7-9-16-10-8-13/h3-10H,11-12H2,1-2H3. The molecule has 0 aliphatic carbocycles. The van der Waals surface area contributed by atoms with Crippen LogP contribution >= 0.6 is 0 Å². The summed E-state index contributed by atoms with van der Waals surface area (Å²) in [6.07, 6.45) is 3.60. The van der Waals surface area contributed by atoms with Crippen molar-refractivity contribution in [1.82, 2.24) is 9.88 Å². The van der Waals surface area contributed by atoms with Crippen molar-refractivity contribution in [3.8, 4) is 16.9 Å². The topological polar surface area (TPSA) is 25.4 Å². The van der Waals surface area contributed by atoms with Crippen LogP contribution in [0.25, 0.3) is 11.1 Å². The average molecular weight is 242 g/mol. The Hall–Kier alpha value is -1.87. The minimum absolute atomic E-state index is 0.690. The van der Waals surface area contributed by atoms with Gasteiger partial charge in [-0.15, -0.1) is 0 Å². The molecule has 94 valence electrons. The second kappa shape index (κ2) is 6.17. The maximum Gasteiger partial charge on any atom is 0.127 e. The number of benzene rings is 1. The summed E-state index contributed by atoms with van der Waals surface area (Å²) < 4.78 is 5.84. The Bertz CT molecular complexity index is 483. The molecule has 0 N–H and O–H groups in total. The van der Waals surface area contributed by atoms with Crippen LogP contribution in [-0.2, 0) is 0 Å². The van der Waals surface area contributed by atoms with Gasteiger partial charge in [-0.3, -0.25) is 4.98 Å². The smallest absolute Gasteiger partial charge is 0.127 e. The van der Waals surface area contributed by atoms with Crippen molar-refractivity contribution in [2.24, 2.45) is 0 Å². The SMILES string of the molecule is CN(C)CCOc1ccccc1-c1ccncc1. The summed E-state index contributed by atoms with van der Waals surface area (Å²) in [5.41, 5.74) is 2.24. The first-order valence-corrected chi connectivity index (χ1v) is 6.04. The molecule has 0 spiro atoms. The van der Waals surface area contributed by atoms with Crippen LogP contribution in [0.15, 0.2) is 48.8 Å². The maximum atomic E-state index is 5.84. The molecule has 1 heterocycles. The molecule has 0 fully saturated rings. The van der Waals surface area contributed by atoms with Gasteiger partial charge in [0.15, 0.2) is 0 Å². The number of ether oxygens (including phenoxy) is 1. The van der Waals surface area contributed by atoms with Gasteiger partial charge in [0.2, 0.25) is 0 Å². The molecule has 0 amide bonds. The van der Waals surface area contributed by atoms with Gasteiger partial charge in [0.25, 0.3) is 0 Å². The van der Waals surface area contributed by atoms with E-state index in [-0.39, 0.29) is 0 Å². The quantitative estimate of drug-likeness (QED) is 0.806. The van der Waals surface area contributed by atoms with Gasteiger partial charge in [0, 0.05) is 24.5 Å². The lowest BCUT2D eigenvalue weighted by molar-refractivity contribution is 0.262. The summed E-state index contributed by atoms with van der Waals surface area (Å²) in [5, 5.41) is 0. The summed E-state index contributed by atoms with van der Waals surface area (Å²) in [5.74, 6) is 0.922. The molecule has 0 saturated carbocycles. The van der Waals surface area contributed by atoms with Gasteiger partial charge in [0.05, 0.1) is 0 Å². The van der Waals surface area contributed by atoms with Crippen LogP contribution in [0.1, 0.15) is 0 Å². The molecule has 2 aromatic rings.